The molecule has 1 aromatic heterocycles. The van der Waals surface area contributed by atoms with Crippen molar-refractivity contribution in [2.75, 3.05) is 13.2 Å². The van der Waals surface area contributed by atoms with Crippen molar-refractivity contribution in [3.05, 3.63) is 58.9 Å². The fraction of sp³-hybridized carbons (Fsp3) is 0.435. The van der Waals surface area contributed by atoms with Gasteiger partial charge in [0.05, 0.1) is 17.6 Å². The number of aryl methyl sites for hydroxylation is 3. The molecule has 4 nitrogen and oxygen atoms in total. The number of hydrogen-bond donors (Lipinski definition) is 1. The number of benzene rings is 2. The maximum Gasteiger partial charge on any atom is 0.122 e. The lowest BCUT2D eigenvalue weighted by molar-refractivity contribution is 0.282. The fourth-order valence-corrected chi connectivity index (χ4v) is 3.44. The molecular weight excluding hydrogens is 336 g/mol. The number of fused-ring (bicyclic) bond motifs is 1. The molecular formula is C23H30N2O2. The molecule has 0 spiro atoms. The zero-order chi connectivity index (χ0) is 19.4. The predicted octanol–water partition coefficient (Wildman–Crippen LogP) is 4.78. The fourth-order valence-electron chi connectivity index (χ4n) is 3.44. The van der Waals surface area contributed by atoms with Crippen LogP contribution < -0.4 is 4.74 Å². The van der Waals surface area contributed by atoms with Crippen molar-refractivity contribution in [3.63, 3.8) is 0 Å². The second kappa shape index (κ2) is 8.57. The van der Waals surface area contributed by atoms with E-state index in [0.29, 0.717) is 12.5 Å². The van der Waals surface area contributed by atoms with Crippen LogP contribution in [0.4, 0.5) is 0 Å². The van der Waals surface area contributed by atoms with E-state index in [1.807, 2.05) is 12.1 Å². The molecule has 0 unspecified atom stereocenters. The average molecular weight is 367 g/mol. The van der Waals surface area contributed by atoms with Gasteiger partial charge >= 0.3 is 0 Å². The summed E-state index contributed by atoms with van der Waals surface area (Å²) in [4.78, 5) is 4.82. The number of imidazole rings is 1. The second-order valence-electron chi connectivity index (χ2n) is 7.47. The van der Waals surface area contributed by atoms with Gasteiger partial charge in [-0.25, -0.2) is 4.98 Å². The third-order valence-electron chi connectivity index (χ3n) is 5.11. The summed E-state index contributed by atoms with van der Waals surface area (Å²) in [5.41, 5.74) is 5.92. The maximum atomic E-state index is 9.23. The molecule has 0 aliphatic heterocycles. The first-order valence-corrected chi connectivity index (χ1v) is 9.80. The van der Waals surface area contributed by atoms with Crippen LogP contribution >= 0.6 is 0 Å². The highest BCUT2D eigenvalue weighted by molar-refractivity contribution is 5.78. The molecule has 0 aliphatic carbocycles. The number of rotatable bonds is 8. The van der Waals surface area contributed by atoms with Crippen molar-refractivity contribution >= 4 is 11.0 Å². The molecule has 2 aromatic carbocycles. The Morgan fingerprint density at radius 2 is 1.85 bits per heavy atom. The van der Waals surface area contributed by atoms with Crippen LogP contribution in [0.15, 0.2) is 36.4 Å². The Hall–Kier alpha value is -2.33. The zero-order valence-electron chi connectivity index (χ0n) is 16.8. The Labute approximate surface area is 161 Å². The Morgan fingerprint density at radius 1 is 1.11 bits per heavy atom. The number of ether oxygens (including phenoxy) is 1. The van der Waals surface area contributed by atoms with Crippen LogP contribution in [0.3, 0.4) is 0 Å². The minimum absolute atomic E-state index is 0.180. The zero-order valence-corrected chi connectivity index (χ0v) is 16.8. The quantitative estimate of drug-likeness (QED) is 0.624. The summed E-state index contributed by atoms with van der Waals surface area (Å²) < 4.78 is 8.38. The summed E-state index contributed by atoms with van der Waals surface area (Å²) >= 11 is 0. The van der Waals surface area contributed by atoms with Crippen molar-refractivity contribution in [1.82, 2.24) is 9.55 Å². The summed E-state index contributed by atoms with van der Waals surface area (Å²) in [7, 11) is 0. The molecule has 0 fully saturated rings. The highest BCUT2D eigenvalue weighted by atomic mass is 16.5. The minimum atomic E-state index is 0.180. The van der Waals surface area contributed by atoms with E-state index in [0.717, 1.165) is 42.0 Å². The van der Waals surface area contributed by atoms with E-state index in [2.05, 4.69) is 56.5 Å². The molecule has 3 aromatic rings. The largest absolute Gasteiger partial charge is 0.491 e. The van der Waals surface area contributed by atoms with Gasteiger partial charge in [-0.05, 0) is 61.1 Å². The highest BCUT2D eigenvalue weighted by Crippen LogP contribution is 2.26. The molecule has 144 valence electrons. The van der Waals surface area contributed by atoms with Crippen LogP contribution in [-0.4, -0.2) is 27.9 Å². The first kappa shape index (κ1) is 19.4. The van der Waals surface area contributed by atoms with E-state index in [9.17, 15) is 5.11 Å². The Morgan fingerprint density at radius 3 is 2.59 bits per heavy atom. The van der Waals surface area contributed by atoms with Gasteiger partial charge in [0, 0.05) is 13.0 Å². The topological polar surface area (TPSA) is 47.3 Å². The van der Waals surface area contributed by atoms with Gasteiger partial charge in [-0.1, -0.05) is 32.0 Å². The van der Waals surface area contributed by atoms with Crippen molar-refractivity contribution < 1.29 is 9.84 Å². The molecule has 0 aliphatic rings. The lowest BCUT2D eigenvalue weighted by atomic mass is 10.0. The molecule has 0 amide bonds. The van der Waals surface area contributed by atoms with E-state index >= 15 is 0 Å². The van der Waals surface area contributed by atoms with Crippen LogP contribution in [-0.2, 0) is 13.0 Å². The Balaban J connectivity index is 1.84. The maximum absolute atomic E-state index is 9.23. The van der Waals surface area contributed by atoms with Crippen molar-refractivity contribution in [1.29, 1.82) is 0 Å². The van der Waals surface area contributed by atoms with E-state index in [4.69, 9.17) is 9.72 Å². The minimum Gasteiger partial charge on any atom is -0.491 e. The van der Waals surface area contributed by atoms with Crippen molar-refractivity contribution in [2.24, 2.45) is 0 Å². The van der Waals surface area contributed by atoms with Crippen LogP contribution in [0, 0.1) is 13.8 Å². The number of aliphatic hydroxyl groups excluding tert-OH is 1. The monoisotopic (exact) mass is 366 g/mol. The van der Waals surface area contributed by atoms with Crippen LogP contribution in [0.1, 0.15) is 48.7 Å². The van der Waals surface area contributed by atoms with Gasteiger partial charge < -0.3 is 14.4 Å². The predicted molar refractivity (Wildman–Crippen MR) is 111 cm³/mol. The van der Waals surface area contributed by atoms with Crippen molar-refractivity contribution in [2.45, 2.75) is 53.0 Å². The van der Waals surface area contributed by atoms with E-state index in [1.165, 1.54) is 16.7 Å². The lowest BCUT2D eigenvalue weighted by Gasteiger charge is -2.15. The van der Waals surface area contributed by atoms with Gasteiger partial charge in [0.1, 0.15) is 18.2 Å². The average Bonchev–Trinajstić information content (AvgIpc) is 2.97. The number of aromatic nitrogens is 2. The molecule has 27 heavy (non-hydrogen) atoms. The van der Waals surface area contributed by atoms with Crippen LogP contribution in [0.25, 0.3) is 11.0 Å². The normalized spacial score (nSPS) is 11.5. The van der Waals surface area contributed by atoms with Crippen LogP contribution in [0.2, 0.25) is 0 Å². The summed E-state index contributed by atoms with van der Waals surface area (Å²) in [5, 5.41) is 9.23. The SMILES string of the molecule is Cc1cc2nc(CCCO)n(CCOc3ccccc3C(C)C)c2cc1C. The van der Waals surface area contributed by atoms with E-state index in [-0.39, 0.29) is 6.61 Å². The molecule has 0 bridgehead atoms. The number of hydrogen-bond acceptors (Lipinski definition) is 3. The van der Waals surface area contributed by atoms with Gasteiger partial charge in [-0.15, -0.1) is 0 Å². The third kappa shape index (κ3) is 4.33. The summed E-state index contributed by atoms with van der Waals surface area (Å²) in [5.74, 6) is 2.41. The highest BCUT2D eigenvalue weighted by Gasteiger charge is 2.13. The smallest absolute Gasteiger partial charge is 0.122 e. The molecule has 0 radical (unpaired) electrons. The van der Waals surface area contributed by atoms with Crippen molar-refractivity contribution in [3.8, 4) is 5.75 Å². The first-order valence-electron chi connectivity index (χ1n) is 9.80. The molecule has 0 saturated heterocycles. The van der Waals surface area contributed by atoms with E-state index in [1.54, 1.807) is 0 Å². The number of aliphatic hydroxyl groups is 1. The van der Waals surface area contributed by atoms with Gasteiger partial charge in [0.25, 0.3) is 0 Å². The molecule has 3 rings (SSSR count). The number of para-hydroxylation sites is 1. The third-order valence-corrected chi connectivity index (χ3v) is 5.11. The van der Waals surface area contributed by atoms with Gasteiger partial charge in [0.2, 0.25) is 0 Å². The standard InChI is InChI=1S/C23H30N2O2/c1-16(2)19-8-5-6-9-22(19)27-13-11-25-21-15-18(4)17(3)14-20(21)24-23(25)10-7-12-26/h5-6,8-9,14-16,26H,7,10-13H2,1-4H3. The molecule has 4 heteroatoms. The van der Waals surface area contributed by atoms with E-state index < -0.39 is 0 Å². The summed E-state index contributed by atoms with van der Waals surface area (Å²) in [6.07, 6.45) is 1.49. The molecule has 0 atom stereocenters. The summed E-state index contributed by atoms with van der Waals surface area (Å²) in [6, 6.07) is 12.6. The first-order chi connectivity index (χ1) is 13.0. The number of nitrogens with zero attached hydrogens (tertiary/aromatic N) is 2. The van der Waals surface area contributed by atoms with Gasteiger partial charge in [-0.2, -0.15) is 0 Å². The van der Waals surface area contributed by atoms with Crippen LogP contribution in [0.5, 0.6) is 5.75 Å². The Kier molecular flexibility index (Phi) is 6.17. The molecule has 1 heterocycles. The van der Waals surface area contributed by atoms with Gasteiger partial charge in [0.15, 0.2) is 0 Å². The van der Waals surface area contributed by atoms with Gasteiger partial charge in [-0.3, -0.25) is 0 Å². The Bertz CT molecular complexity index is 912. The second-order valence-corrected chi connectivity index (χ2v) is 7.47. The molecule has 1 N–H and O–H groups in total. The lowest BCUT2D eigenvalue weighted by Crippen LogP contribution is -2.12. The molecule has 0 saturated carbocycles. The summed E-state index contributed by atoms with van der Waals surface area (Å²) in [6.45, 7) is 10.1.